The summed E-state index contributed by atoms with van der Waals surface area (Å²) in [7, 11) is 0. The van der Waals surface area contributed by atoms with Crippen molar-refractivity contribution in [3.05, 3.63) is 53.1 Å². The molecule has 18 heavy (non-hydrogen) atoms. The van der Waals surface area contributed by atoms with E-state index in [1.54, 1.807) is 6.07 Å². The fraction of sp³-hybridized carbons (Fsp3) is 0.0833. The molecule has 1 aromatic heterocycles. The molecule has 0 spiro atoms. The van der Waals surface area contributed by atoms with Gasteiger partial charge in [0.05, 0.1) is 0 Å². The molecule has 6 heteroatoms. The molecule has 94 valence electrons. The Balaban J connectivity index is 2.48. The first kappa shape index (κ1) is 12.8. The summed E-state index contributed by atoms with van der Waals surface area (Å²) in [6.45, 7) is 0. The third-order valence-corrected chi connectivity index (χ3v) is 2.56. The van der Waals surface area contributed by atoms with Gasteiger partial charge in [-0.2, -0.15) is 13.2 Å². The van der Waals surface area contributed by atoms with Crippen LogP contribution in [0.2, 0.25) is 5.15 Å². The van der Waals surface area contributed by atoms with E-state index in [9.17, 15) is 17.6 Å². The van der Waals surface area contributed by atoms with Gasteiger partial charge in [-0.05, 0) is 29.8 Å². The number of alkyl halides is 3. The number of aromatic nitrogens is 1. The third kappa shape index (κ3) is 2.61. The Hall–Kier alpha value is -1.62. The quantitative estimate of drug-likeness (QED) is 0.549. The summed E-state index contributed by atoms with van der Waals surface area (Å²) in [5, 5.41) is -0.310. The van der Waals surface area contributed by atoms with Gasteiger partial charge in [0.1, 0.15) is 16.7 Å². The minimum Gasteiger partial charge on any atom is -0.231 e. The molecule has 1 nitrogen and oxygen atoms in total. The first-order valence-corrected chi connectivity index (χ1v) is 5.25. The van der Waals surface area contributed by atoms with E-state index < -0.39 is 17.7 Å². The number of rotatable bonds is 1. The highest BCUT2D eigenvalue weighted by Crippen LogP contribution is 2.32. The maximum absolute atomic E-state index is 13.0. The third-order valence-electron chi connectivity index (χ3n) is 2.27. The molecule has 0 bridgehead atoms. The van der Waals surface area contributed by atoms with Crippen LogP contribution in [0.15, 0.2) is 36.4 Å². The van der Waals surface area contributed by atoms with Gasteiger partial charge in [-0.25, -0.2) is 9.37 Å². The van der Waals surface area contributed by atoms with E-state index in [2.05, 4.69) is 4.98 Å². The van der Waals surface area contributed by atoms with E-state index in [4.69, 9.17) is 11.6 Å². The predicted molar refractivity (Wildman–Crippen MR) is 59.6 cm³/mol. The van der Waals surface area contributed by atoms with E-state index in [0.717, 1.165) is 6.07 Å². The van der Waals surface area contributed by atoms with E-state index in [0.29, 0.717) is 5.56 Å². The van der Waals surface area contributed by atoms with Crippen molar-refractivity contribution >= 4 is 11.6 Å². The summed E-state index contributed by atoms with van der Waals surface area (Å²) in [4.78, 5) is 3.27. The topological polar surface area (TPSA) is 12.9 Å². The average Bonchev–Trinajstić information content (AvgIpc) is 2.27. The van der Waals surface area contributed by atoms with Crippen molar-refractivity contribution in [2.24, 2.45) is 0 Å². The van der Waals surface area contributed by atoms with Crippen LogP contribution in [-0.4, -0.2) is 4.98 Å². The Morgan fingerprint density at radius 3 is 2.33 bits per heavy atom. The lowest BCUT2D eigenvalue weighted by Crippen LogP contribution is -2.07. The van der Waals surface area contributed by atoms with Crippen LogP contribution < -0.4 is 0 Å². The van der Waals surface area contributed by atoms with Crippen molar-refractivity contribution < 1.29 is 17.6 Å². The molecule has 0 aliphatic rings. The normalized spacial score (nSPS) is 11.6. The molecule has 0 saturated heterocycles. The molecule has 0 aliphatic carbocycles. The van der Waals surface area contributed by atoms with Crippen LogP contribution in [0.1, 0.15) is 5.69 Å². The van der Waals surface area contributed by atoms with Gasteiger partial charge in [0, 0.05) is 5.56 Å². The Morgan fingerprint density at radius 2 is 1.78 bits per heavy atom. The second kappa shape index (κ2) is 4.57. The van der Waals surface area contributed by atoms with Crippen molar-refractivity contribution in [3.63, 3.8) is 0 Å². The summed E-state index contributed by atoms with van der Waals surface area (Å²) < 4.78 is 50.2. The van der Waals surface area contributed by atoms with E-state index >= 15 is 0 Å². The summed E-state index contributed by atoms with van der Waals surface area (Å²) in [5.41, 5.74) is -0.446. The van der Waals surface area contributed by atoms with Crippen LogP contribution in [0.4, 0.5) is 17.6 Å². The zero-order valence-electron chi connectivity index (χ0n) is 8.80. The molecule has 1 aromatic carbocycles. The molecule has 0 saturated carbocycles. The minimum atomic E-state index is -4.55. The maximum Gasteiger partial charge on any atom is 0.433 e. The Bertz CT molecular complexity index is 581. The largest absolute Gasteiger partial charge is 0.433 e. The lowest BCUT2D eigenvalue weighted by atomic mass is 10.1. The van der Waals surface area contributed by atoms with Crippen LogP contribution in [-0.2, 0) is 6.18 Å². The highest BCUT2D eigenvalue weighted by atomic mass is 35.5. The molecule has 0 N–H and O–H groups in total. The van der Waals surface area contributed by atoms with Gasteiger partial charge in [0.2, 0.25) is 0 Å². The van der Waals surface area contributed by atoms with Crippen LogP contribution in [0.5, 0.6) is 0 Å². The second-order valence-corrected chi connectivity index (χ2v) is 3.90. The standard InChI is InChI=1S/C12H6ClF4N/c13-11-9(7-2-1-3-8(14)6-7)4-5-10(18-11)12(15,16)17/h1-6H. The molecule has 0 amide bonds. The molecule has 2 rings (SSSR count). The van der Waals surface area contributed by atoms with Gasteiger partial charge < -0.3 is 0 Å². The highest BCUT2D eigenvalue weighted by Gasteiger charge is 2.32. The molecule has 2 aromatic rings. The van der Waals surface area contributed by atoms with Crippen LogP contribution in [0.25, 0.3) is 11.1 Å². The molecule has 0 unspecified atom stereocenters. The fourth-order valence-electron chi connectivity index (χ4n) is 1.46. The lowest BCUT2D eigenvalue weighted by molar-refractivity contribution is -0.141. The first-order valence-electron chi connectivity index (χ1n) is 4.87. The summed E-state index contributed by atoms with van der Waals surface area (Å²) in [5.74, 6) is -0.497. The zero-order valence-corrected chi connectivity index (χ0v) is 9.56. The Labute approximate surface area is 105 Å². The van der Waals surface area contributed by atoms with Gasteiger partial charge in [-0.3, -0.25) is 0 Å². The van der Waals surface area contributed by atoms with Gasteiger partial charge in [-0.1, -0.05) is 23.7 Å². The van der Waals surface area contributed by atoms with Crippen LogP contribution in [0.3, 0.4) is 0 Å². The highest BCUT2D eigenvalue weighted by molar-refractivity contribution is 6.32. The average molecular weight is 276 g/mol. The van der Waals surface area contributed by atoms with E-state index in [1.165, 1.54) is 24.3 Å². The second-order valence-electron chi connectivity index (χ2n) is 3.54. The fourth-order valence-corrected chi connectivity index (χ4v) is 1.73. The van der Waals surface area contributed by atoms with Gasteiger partial charge in [0.25, 0.3) is 0 Å². The summed E-state index contributed by atoms with van der Waals surface area (Å²) >= 11 is 5.69. The van der Waals surface area contributed by atoms with E-state index in [-0.39, 0.29) is 10.7 Å². The first-order chi connectivity index (χ1) is 8.38. The zero-order chi connectivity index (χ0) is 13.3. The van der Waals surface area contributed by atoms with Crippen molar-refractivity contribution in [3.8, 4) is 11.1 Å². The van der Waals surface area contributed by atoms with Crippen molar-refractivity contribution in [1.29, 1.82) is 0 Å². The predicted octanol–water partition coefficient (Wildman–Crippen LogP) is 4.56. The number of hydrogen-bond acceptors (Lipinski definition) is 1. The summed E-state index contributed by atoms with van der Waals surface area (Å²) in [6.07, 6.45) is -4.55. The molecule has 0 radical (unpaired) electrons. The maximum atomic E-state index is 13.0. The van der Waals surface area contributed by atoms with Gasteiger partial charge in [0.15, 0.2) is 0 Å². The lowest BCUT2D eigenvalue weighted by Gasteiger charge is -2.09. The van der Waals surface area contributed by atoms with Crippen LogP contribution in [0, 0.1) is 5.82 Å². The monoisotopic (exact) mass is 275 g/mol. The Kier molecular flexibility index (Phi) is 3.26. The molecular weight excluding hydrogens is 270 g/mol. The number of benzene rings is 1. The van der Waals surface area contributed by atoms with Gasteiger partial charge >= 0.3 is 6.18 Å². The SMILES string of the molecule is Fc1cccc(-c2ccc(C(F)(F)F)nc2Cl)c1. The minimum absolute atomic E-state index is 0.254. The smallest absolute Gasteiger partial charge is 0.231 e. The van der Waals surface area contributed by atoms with Crippen molar-refractivity contribution in [1.82, 2.24) is 4.98 Å². The van der Waals surface area contributed by atoms with Gasteiger partial charge in [-0.15, -0.1) is 0 Å². The van der Waals surface area contributed by atoms with Crippen molar-refractivity contribution in [2.45, 2.75) is 6.18 Å². The van der Waals surface area contributed by atoms with Crippen LogP contribution >= 0.6 is 11.6 Å². The van der Waals surface area contributed by atoms with Crippen molar-refractivity contribution in [2.75, 3.05) is 0 Å². The number of hydrogen-bond donors (Lipinski definition) is 0. The molecule has 0 fully saturated rings. The van der Waals surface area contributed by atoms with E-state index in [1.807, 2.05) is 0 Å². The number of pyridine rings is 1. The Morgan fingerprint density at radius 1 is 1.06 bits per heavy atom. The summed E-state index contributed by atoms with van der Waals surface area (Å²) in [6, 6.07) is 7.38. The molecule has 1 heterocycles. The molecular formula is C12H6ClF4N. The number of halogens is 5. The molecule has 0 atom stereocenters. The number of nitrogens with zero attached hydrogens (tertiary/aromatic N) is 1. The molecule has 0 aliphatic heterocycles.